The first kappa shape index (κ1) is 24.5. The van der Waals surface area contributed by atoms with E-state index in [4.69, 9.17) is 24.6 Å². The first-order valence-electron chi connectivity index (χ1n) is 9.57. The first-order valence-corrected chi connectivity index (χ1v) is 10.0. The highest BCUT2D eigenvalue weighted by atomic mass is 32.1. The number of nitrogens with one attached hydrogen (secondary N) is 2. The van der Waals surface area contributed by atoms with Crippen molar-refractivity contribution in [1.82, 2.24) is 4.72 Å². The van der Waals surface area contributed by atoms with Gasteiger partial charge in [0.05, 0.1) is 6.26 Å². The van der Waals surface area contributed by atoms with E-state index in [1.165, 1.54) is 7.11 Å². The minimum absolute atomic E-state index is 0.250. The average molecular weight is 457 g/mol. The topological polar surface area (TPSA) is 136 Å². The molecule has 0 aliphatic carbocycles. The van der Waals surface area contributed by atoms with Crippen LogP contribution in [0.1, 0.15) is 35.2 Å². The molecule has 3 aromatic rings. The van der Waals surface area contributed by atoms with Gasteiger partial charge in [-0.2, -0.15) is 9.59 Å². The summed E-state index contributed by atoms with van der Waals surface area (Å²) < 4.78 is 8.13. The summed E-state index contributed by atoms with van der Waals surface area (Å²) in [5.74, 6) is 0.0117. The predicted molar refractivity (Wildman–Crippen MR) is 123 cm³/mol. The molecular formula is C22H24N4O5S. The van der Waals surface area contributed by atoms with Crippen molar-refractivity contribution in [2.75, 3.05) is 12.4 Å². The Balaban J connectivity index is 0.00000114. The van der Waals surface area contributed by atoms with Crippen molar-refractivity contribution in [1.29, 1.82) is 0 Å². The number of carbonyl (C=O) groups excluding carboxylic acids is 3. The van der Waals surface area contributed by atoms with Crippen LogP contribution in [-0.4, -0.2) is 25.0 Å². The van der Waals surface area contributed by atoms with Crippen molar-refractivity contribution in [3.05, 3.63) is 64.9 Å². The van der Waals surface area contributed by atoms with Crippen LogP contribution in [0.3, 0.4) is 0 Å². The maximum absolute atomic E-state index is 12.6. The molecule has 1 unspecified atom stereocenters. The molecule has 1 atom stereocenters. The number of amides is 1. The highest BCUT2D eigenvalue weighted by molar-refractivity contribution is 7.78. The molecule has 3 rings (SSSR count). The summed E-state index contributed by atoms with van der Waals surface area (Å²) >= 11 is 3.96. The number of fused-ring (bicyclic) bond motifs is 1. The van der Waals surface area contributed by atoms with Gasteiger partial charge in [0.15, 0.2) is 5.84 Å². The number of thiol groups is 1. The molecule has 1 amide bonds. The van der Waals surface area contributed by atoms with Crippen molar-refractivity contribution >= 4 is 47.4 Å². The number of furan rings is 1. The van der Waals surface area contributed by atoms with Gasteiger partial charge in [0, 0.05) is 16.6 Å². The van der Waals surface area contributed by atoms with Gasteiger partial charge in [-0.05, 0) is 66.4 Å². The lowest BCUT2D eigenvalue weighted by molar-refractivity contribution is -0.191. The van der Waals surface area contributed by atoms with Gasteiger partial charge in [0.1, 0.15) is 18.7 Å². The van der Waals surface area contributed by atoms with Crippen LogP contribution in [-0.2, 0) is 25.6 Å². The van der Waals surface area contributed by atoms with E-state index in [1.807, 2.05) is 31.2 Å². The lowest BCUT2D eigenvalue weighted by atomic mass is 9.98. The van der Waals surface area contributed by atoms with Gasteiger partial charge in [-0.25, -0.2) is 0 Å². The molecule has 0 saturated heterocycles. The normalized spacial score (nSPS) is 11.7. The number of benzene rings is 2. The Morgan fingerprint density at radius 1 is 1.28 bits per heavy atom. The summed E-state index contributed by atoms with van der Waals surface area (Å²) in [6, 6.07) is 10.6. The largest absolute Gasteiger partial charge is 0.464 e. The molecule has 0 aliphatic rings. The second-order valence-electron chi connectivity index (χ2n) is 6.70. The zero-order valence-electron chi connectivity index (χ0n) is 17.8. The third-order valence-electron chi connectivity index (χ3n) is 4.73. The van der Waals surface area contributed by atoms with Crippen LogP contribution in [0.2, 0.25) is 0 Å². The van der Waals surface area contributed by atoms with Gasteiger partial charge in [-0.15, -0.1) is 0 Å². The van der Waals surface area contributed by atoms with Gasteiger partial charge < -0.3 is 25.0 Å². The van der Waals surface area contributed by atoms with Gasteiger partial charge in [-0.1, -0.05) is 24.9 Å². The summed E-state index contributed by atoms with van der Waals surface area (Å²) in [5.41, 5.74) is 11.1. The van der Waals surface area contributed by atoms with E-state index in [-0.39, 0.29) is 17.9 Å². The molecule has 2 aromatic carbocycles. The van der Waals surface area contributed by atoms with Crippen molar-refractivity contribution in [2.45, 2.75) is 26.3 Å². The van der Waals surface area contributed by atoms with Crippen molar-refractivity contribution in [2.24, 2.45) is 10.9 Å². The number of nitrogens with two attached hydrogens (primary N) is 1. The lowest BCUT2D eigenvalue weighted by Gasteiger charge is -2.20. The number of anilines is 1. The quantitative estimate of drug-likeness (QED) is 0.186. The number of hydrogen-bond acceptors (Lipinski definition) is 8. The molecule has 0 saturated carbocycles. The maximum Gasteiger partial charge on any atom is 0.373 e. The number of nitrogens with zero attached hydrogens (tertiary/aromatic N) is 1. The van der Waals surface area contributed by atoms with E-state index in [0.29, 0.717) is 0 Å². The van der Waals surface area contributed by atoms with Gasteiger partial charge in [-0.3, -0.25) is 4.79 Å². The van der Waals surface area contributed by atoms with Crippen LogP contribution in [0.4, 0.5) is 5.69 Å². The number of rotatable bonds is 7. The van der Waals surface area contributed by atoms with Gasteiger partial charge in [0.2, 0.25) is 0 Å². The summed E-state index contributed by atoms with van der Waals surface area (Å²) in [7, 11) is 1.44. The molecule has 0 spiro atoms. The van der Waals surface area contributed by atoms with E-state index in [9.17, 15) is 4.79 Å². The minimum atomic E-state index is -0.632. The second kappa shape index (κ2) is 11.6. The van der Waals surface area contributed by atoms with Crippen molar-refractivity contribution in [3.63, 3.8) is 0 Å². The number of amidine groups is 1. The van der Waals surface area contributed by atoms with E-state index in [1.54, 1.807) is 18.4 Å². The summed E-state index contributed by atoms with van der Waals surface area (Å²) in [6.45, 7) is 4.04. The fourth-order valence-corrected chi connectivity index (χ4v) is 3.33. The maximum atomic E-state index is 12.6. The Bertz CT molecular complexity index is 1140. The molecule has 9 nitrogen and oxygen atoms in total. The minimum Gasteiger partial charge on any atom is -0.464 e. The molecule has 168 valence electrons. The SMILES string of the molecule is CCc1cc(C(Nc2ccc(/C(N)=N\OC)cc2)C(=O)NS)cc2c(C)coc12.O=C=O. The Kier molecular flexibility index (Phi) is 8.88. The average Bonchev–Trinajstić information content (AvgIpc) is 3.18. The number of carbonyl (C=O) groups is 1. The van der Waals surface area contributed by atoms with Crippen molar-refractivity contribution < 1.29 is 23.6 Å². The smallest absolute Gasteiger partial charge is 0.373 e. The van der Waals surface area contributed by atoms with Crippen LogP contribution in [0, 0.1) is 6.92 Å². The molecule has 1 heterocycles. The standard InChI is InChI=1S/C21H24N4O3S.CO2/c1-4-13-9-15(10-17-12(2)11-28-19(13)17)18(21(26)25-29)23-16-7-5-14(6-8-16)20(22)24-27-3;2-1-3/h5-11,18,23,29H,4H2,1-3H3,(H2,22,24)(H,25,26);. The summed E-state index contributed by atoms with van der Waals surface area (Å²) in [4.78, 5) is 33.6. The Morgan fingerprint density at radius 2 is 1.94 bits per heavy atom. The zero-order chi connectivity index (χ0) is 23.7. The van der Waals surface area contributed by atoms with Gasteiger partial charge in [0.25, 0.3) is 5.91 Å². The number of oxime groups is 1. The Hall–Kier alpha value is -3.75. The third-order valence-corrected chi connectivity index (χ3v) is 4.95. The third kappa shape index (κ3) is 5.69. The monoisotopic (exact) mass is 456 g/mol. The predicted octanol–water partition coefficient (Wildman–Crippen LogP) is 3.10. The van der Waals surface area contributed by atoms with Crippen LogP contribution < -0.4 is 15.8 Å². The molecule has 0 fully saturated rings. The summed E-state index contributed by atoms with van der Waals surface area (Å²) in [6.07, 6.45) is 2.78. The highest BCUT2D eigenvalue weighted by Crippen LogP contribution is 2.30. The molecule has 0 radical (unpaired) electrons. The van der Waals surface area contributed by atoms with Crippen LogP contribution in [0.25, 0.3) is 11.0 Å². The van der Waals surface area contributed by atoms with E-state index < -0.39 is 6.04 Å². The molecule has 4 N–H and O–H groups in total. The molecule has 32 heavy (non-hydrogen) atoms. The molecule has 0 bridgehead atoms. The second-order valence-corrected chi connectivity index (χ2v) is 6.93. The van der Waals surface area contributed by atoms with Crippen LogP contribution in [0.15, 0.2) is 52.2 Å². The fourth-order valence-electron chi connectivity index (χ4n) is 3.21. The Morgan fingerprint density at radius 3 is 2.50 bits per heavy atom. The molecule has 1 aromatic heterocycles. The fraction of sp³-hybridized carbons (Fsp3) is 0.227. The number of hydrogen-bond donors (Lipinski definition) is 4. The van der Waals surface area contributed by atoms with Gasteiger partial charge >= 0.3 is 6.15 Å². The van der Waals surface area contributed by atoms with E-state index >= 15 is 0 Å². The van der Waals surface area contributed by atoms with Crippen LogP contribution >= 0.6 is 12.8 Å². The molecule has 0 aliphatic heterocycles. The lowest BCUT2D eigenvalue weighted by Crippen LogP contribution is -2.28. The van der Waals surface area contributed by atoms with E-state index in [0.717, 1.165) is 45.3 Å². The van der Waals surface area contributed by atoms with E-state index in [2.05, 4.69) is 34.9 Å². The zero-order valence-corrected chi connectivity index (χ0v) is 18.7. The summed E-state index contributed by atoms with van der Waals surface area (Å²) in [5, 5.41) is 7.98. The highest BCUT2D eigenvalue weighted by Gasteiger charge is 2.22. The van der Waals surface area contributed by atoms with Crippen molar-refractivity contribution in [3.8, 4) is 0 Å². The molecular weight excluding hydrogens is 432 g/mol. The van der Waals surface area contributed by atoms with Crippen LogP contribution in [0.5, 0.6) is 0 Å². The Labute approximate surface area is 190 Å². The number of aryl methyl sites for hydroxylation is 2. The molecule has 10 heteroatoms. The first-order chi connectivity index (χ1) is 15.4.